The molecule has 0 radical (unpaired) electrons. The SMILES string of the molecule is NCc1cn(CCOCCN2CCCCC2)nn1. The Hall–Kier alpha value is -0.980. The van der Waals surface area contributed by atoms with Gasteiger partial charge in [0.25, 0.3) is 0 Å². The van der Waals surface area contributed by atoms with Crippen LogP contribution < -0.4 is 5.73 Å². The maximum Gasteiger partial charge on any atom is 0.0962 e. The third-order valence-electron chi connectivity index (χ3n) is 3.26. The molecular formula is C12H23N5O. The van der Waals surface area contributed by atoms with Gasteiger partial charge in [-0.25, -0.2) is 4.68 Å². The summed E-state index contributed by atoms with van der Waals surface area (Å²) in [7, 11) is 0. The van der Waals surface area contributed by atoms with Gasteiger partial charge in [-0.2, -0.15) is 0 Å². The maximum absolute atomic E-state index is 5.62. The third kappa shape index (κ3) is 4.36. The predicted molar refractivity (Wildman–Crippen MR) is 69.0 cm³/mol. The number of likely N-dealkylation sites (tertiary alicyclic amines) is 1. The van der Waals surface area contributed by atoms with Crippen LogP contribution in [-0.4, -0.2) is 52.7 Å². The highest BCUT2D eigenvalue weighted by Crippen LogP contribution is 2.07. The number of nitrogens with zero attached hydrogens (tertiary/aromatic N) is 4. The Morgan fingerprint density at radius 3 is 2.67 bits per heavy atom. The number of hydrogen-bond acceptors (Lipinski definition) is 5. The van der Waals surface area contributed by atoms with Gasteiger partial charge in [0.05, 0.1) is 25.5 Å². The number of aromatic nitrogens is 3. The summed E-state index contributed by atoms with van der Waals surface area (Å²) in [6.07, 6.45) is 5.92. The molecule has 1 aliphatic rings. The van der Waals surface area contributed by atoms with E-state index in [0.29, 0.717) is 13.2 Å². The molecule has 0 aliphatic carbocycles. The van der Waals surface area contributed by atoms with Crippen LogP contribution in [0.3, 0.4) is 0 Å². The Bertz CT molecular complexity index is 335. The smallest absolute Gasteiger partial charge is 0.0962 e. The lowest BCUT2D eigenvalue weighted by atomic mass is 10.1. The molecule has 0 spiro atoms. The molecular weight excluding hydrogens is 230 g/mol. The van der Waals surface area contributed by atoms with E-state index in [2.05, 4.69) is 15.2 Å². The summed E-state index contributed by atoms with van der Waals surface area (Å²) in [6.45, 7) is 6.17. The van der Waals surface area contributed by atoms with Gasteiger partial charge in [-0.05, 0) is 25.9 Å². The highest BCUT2D eigenvalue weighted by atomic mass is 16.5. The molecule has 0 atom stereocenters. The van der Waals surface area contributed by atoms with E-state index < -0.39 is 0 Å². The first-order valence-corrected chi connectivity index (χ1v) is 6.77. The normalized spacial score (nSPS) is 17.2. The van der Waals surface area contributed by atoms with Crippen LogP contribution in [0.4, 0.5) is 0 Å². The van der Waals surface area contributed by atoms with Crippen LogP contribution in [0.25, 0.3) is 0 Å². The first-order chi connectivity index (χ1) is 8.88. The van der Waals surface area contributed by atoms with Crippen molar-refractivity contribution >= 4 is 0 Å². The van der Waals surface area contributed by atoms with Crippen molar-refractivity contribution in [2.45, 2.75) is 32.4 Å². The second-order valence-corrected chi connectivity index (χ2v) is 4.69. The van der Waals surface area contributed by atoms with Crippen LogP contribution in [0.2, 0.25) is 0 Å². The summed E-state index contributed by atoms with van der Waals surface area (Å²) in [5.74, 6) is 0. The van der Waals surface area contributed by atoms with Crippen LogP contribution in [0.15, 0.2) is 6.20 Å². The van der Waals surface area contributed by atoms with Gasteiger partial charge in [0.15, 0.2) is 0 Å². The van der Waals surface area contributed by atoms with Crippen molar-refractivity contribution in [3.05, 3.63) is 11.9 Å². The van der Waals surface area contributed by atoms with Gasteiger partial charge in [-0.1, -0.05) is 11.6 Å². The minimum atomic E-state index is 0.440. The van der Waals surface area contributed by atoms with Gasteiger partial charge in [-0.15, -0.1) is 5.10 Å². The fraction of sp³-hybridized carbons (Fsp3) is 0.833. The molecule has 1 aromatic rings. The molecule has 0 saturated carbocycles. The lowest BCUT2D eigenvalue weighted by molar-refractivity contribution is 0.0896. The van der Waals surface area contributed by atoms with Gasteiger partial charge in [-0.3, -0.25) is 0 Å². The average Bonchev–Trinajstić information content (AvgIpc) is 2.87. The molecule has 1 aliphatic heterocycles. The molecule has 0 bridgehead atoms. The molecule has 1 aromatic heterocycles. The van der Waals surface area contributed by atoms with E-state index in [4.69, 9.17) is 10.5 Å². The Morgan fingerprint density at radius 1 is 1.17 bits per heavy atom. The molecule has 0 unspecified atom stereocenters. The van der Waals surface area contributed by atoms with E-state index in [1.807, 2.05) is 6.20 Å². The van der Waals surface area contributed by atoms with Crippen molar-refractivity contribution in [2.24, 2.45) is 5.73 Å². The molecule has 2 heterocycles. The van der Waals surface area contributed by atoms with Gasteiger partial charge < -0.3 is 15.4 Å². The predicted octanol–water partition coefficient (Wildman–Crippen LogP) is 0.239. The van der Waals surface area contributed by atoms with Crippen LogP contribution in [-0.2, 0) is 17.8 Å². The second-order valence-electron chi connectivity index (χ2n) is 4.69. The summed E-state index contributed by atoms with van der Waals surface area (Å²) < 4.78 is 7.40. The molecule has 18 heavy (non-hydrogen) atoms. The number of rotatable bonds is 7. The number of piperidine rings is 1. The Labute approximate surface area is 108 Å². The molecule has 0 amide bonds. The van der Waals surface area contributed by atoms with E-state index in [1.54, 1.807) is 4.68 Å². The first kappa shape index (κ1) is 13.5. The lowest BCUT2D eigenvalue weighted by Crippen LogP contribution is -2.32. The summed E-state index contributed by atoms with van der Waals surface area (Å²) in [6, 6.07) is 0. The van der Waals surface area contributed by atoms with Crippen molar-refractivity contribution in [1.29, 1.82) is 0 Å². The quantitative estimate of drug-likeness (QED) is 0.705. The molecule has 102 valence electrons. The molecule has 0 aromatic carbocycles. The zero-order valence-corrected chi connectivity index (χ0v) is 10.9. The van der Waals surface area contributed by atoms with Crippen LogP contribution in [0, 0.1) is 0 Å². The van der Waals surface area contributed by atoms with E-state index in [9.17, 15) is 0 Å². The third-order valence-corrected chi connectivity index (χ3v) is 3.26. The lowest BCUT2D eigenvalue weighted by Gasteiger charge is -2.26. The number of ether oxygens (including phenoxy) is 1. The van der Waals surface area contributed by atoms with Crippen molar-refractivity contribution in [3.8, 4) is 0 Å². The highest BCUT2D eigenvalue weighted by molar-refractivity contribution is 4.90. The van der Waals surface area contributed by atoms with E-state index >= 15 is 0 Å². The van der Waals surface area contributed by atoms with Gasteiger partial charge in [0, 0.05) is 19.3 Å². The number of hydrogen-bond donors (Lipinski definition) is 1. The monoisotopic (exact) mass is 253 g/mol. The average molecular weight is 253 g/mol. The largest absolute Gasteiger partial charge is 0.378 e. The van der Waals surface area contributed by atoms with Gasteiger partial charge in [0.2, 0.25) is 0 Å². The zero-order valence-electron chi connectivity index (χ0n) is 10.9. The molecule has 6 heteroatoms. The minimum Gasteiger partial charge on any atom is -0.378 e. The Kier molecular flexibility index (Phi) is 5.57. The summed E-state index contributed by atoms with van der Waals surface area (Å²) in [5, 5.41) is 7.90. The molecule has 6 nitrogen and oxygen atoms in total. The fourth-order valence-electron chi connectivity index (χ4n) is 2.18. The van der Waals surface area contributed by atoms with Crippen LogP contribution in [0.5, 0.6) is 0 Å². The summed E-state index contributed by atoms with van der Waals surface area (Å²) >= 11 is 0. The second kappa shape index (κ2) is 7.45. The summed E-state index contributed by atoms with van der Waals surface area (Å²) in [5.41, 5.74) is 6.29. The van der Waals surface area contributed by atoms with Crippen molar-refractivity contribution < 1.29 is 4.74 Å². The van der Waals surface area contributed by atoms with Crippen molar-refractivity contribution in [3.63, 3.8) is 0 Å². The standard InChI is InChI=1S/C12H23N5O/c13-10-12-11-17(15-14-12)7-9-18-8-6-16-4-2-1-3-5-16/h11H,1-10,13H2. The van der Waals surface area contributed by atoms with E-state index in [1.165, 1.54) is 32.4 Å². The Morgan fingerprint density at radius 2 is 1.94 bits per heavy atom. The van der Waals surface area contributed by atoms with E-state index in [0.717, 1.165) is 25.4 Å². The van der Waals surface area contributed by atoms with Crippen molar-refractivity contribution in [1.82, 2.24) is 19.9 Å². The van der Waals surface area contributed by atoms with Crippen LogP contribution >= 0.6 is 0 Å². The first-order valence-electron chi connectivity index (χ1n) is 6.77. The topological polar surface area (TPSA) is 69.2 Å². The fourth-order valence-corrected chi connectivity index (χ4v) is 2.18. The minimum absolute atomic E-state index is 0.440. The number of nitrogens with two attached hydrogens (primary N) is 1. The molecule has 2 N–H and O–H groups in total. The Balaban J connectivity index is 1.52. The van der Waals surface area contributed by atoms with Gasteiger partial charge in [0.1, 0.15) is 0 Å². The zero-order chi connectivity index (χ0) is 12.6. The highest BCUT2D eigenvalue weighted by Gasteiger charge is 2.08. The van der Waals surface area contributed by atoms with Gasteiger partial charge >= 0.3 is 0 Å². The maximum atomic E-state index is 5.62. The van der Waals surface area contributed by atoms with Crippen LogP contribution in [0.1, 0.15) is 25.0 Å². The molecule has 1 fully saturated rings. The molecule has 2 rings (SSSR count). The summed E-state index contributed by atoms with van der Waals surface area (Å²) in [4.78, 5) is 2.48. The molecule has 1 saturated heterocycles. The van der Waals surface area contributed by atoms with E-state index in [-0.39, 0.29) is 0 Å². The van der Waals surface area contributed by atoms with Crippen molar-refractivity contribution in [2.75, 3.05) is 32.8 Å².